The predicted molar refractivity (Wildman–Crippen MR) is 71.1 cm³/mol. The maximum Gasteiger partial charge on any atom is 0.0282 e. The fraction of sp³-hybridized carbons (Fsp3) is 0.125. The highest BCUT2D eigenvalue weighted by molar-refractivity contribution is 5.74. The third kappa shape index (κ3) is 1.14. The van der Waals surface area contributed by atoms with Crippen LogP contribution in [0.25, 0.3) is 12.2 Å². The molecule has 1 aromatic carbocycles. The summed E-state index contributed by atoms with van der Waals surface area (Å²) in [5.41, 5.74) is 12.4. The van der Waals surface area contributed by atoms with E-state index in [-0.39, 0.29) is 0 Å². The zero-order chi connectivity index (χ0) is 11.4. The zero-order valence-electron chi connectivity index (χ0n) is 9.43. The molecule has 0 aromatic heterocycles. The molecule has 1 nitrogen and oxygen atoms in total. The van der Waals surface area contributed by atoms with Crippen LogP contribution in [0.4, 0.5) is 0 Å². The molecule has 82 valence electrons. The van der Waals surface area contributed by atoms with Crippen molar-refractivity contribution < 1.29 is 0 Å². The molecule has 0 radical (unpaired) electrons. The largest absolute Gasteiger partial charge is 0.399 e. The van der Waals surface area contributed by atoms with Gasteiger partial charge in [0.2, 0.25) is 0 Å². The molecule has 3 aliphatic rings. The second-order valence-corrected chi connectivity index (χ2v) is 4.91. The topological polar surface area (TPSA) is 26.0 Å². The molecule has 0 aliphatic heterocycles. The van der Waals surface area contributed by atoms with Crippen LogP contribution < -0.4 is 5.73 Å². The first-order chi connectivity index (χ1) is 8.33. The van der Waals surface area contributed by atoms with Crippen LogP contribution in [0, 0.1) is 5.92 Å². The van der Waals surface area contributed by atoms with Crippen LogP contribution in [-0.2, 0) is 0 Å². The number of hydrogen-bond donors (Lipinski definition) is 1. The van der Waals surface area contributed by atoms with Gasteiger partial charge in [-0.2, -0.15) is 0 Å². The lowest BCUT2D eigenvalue weighted by Crippen LogP contribution is -2.22. The summed E-state index contributed by atoms with van der Waals surface area (Å²) >= 11 is 0. The molecule has 3 aliphatic carbocycles. The Balaban J connectivity index is 2.05. The highest BCUT2D eigenvalue weighted by atomic mass is 14.6. The molecule has 17 heavy (non-hydrogen) atoms. The highest BCUT2D eigenvalue weighted by Gasteiger charge is 2.32. The highest BCUT2D eigenvalue weighted by Crippen LogP contribution is 2.47. The third-order valence-corrected chi connectivity index (χ3v) is 3.90. The molecule has 0 heterocycles. The molecular weight excluding hydrogens is 206 g/mol. The van der Waals surface area contributed by atoms with Crippen LogP contribution in [-0.4, -0.2) is 0 Å². The SMILES string of the molecule is NC1=CC2C=Cc3cccc4c3C2C(=C1)C=C4. The van der Waals surface area contributed by atoms with Crippen molar-refractivity contribution in [3.8, 4) is 0 Å². The van der Waals surface area contributed by atoms with Gasteiger partial charge in [0.1, 0.15) is 0 Å². The van der Waals surface area contributed by atoms with Crippen LogP contribution in [0.1, 0.15) is 22.6 Å². The normalized spacial score (nSPS) is 27.3. The van der Waals surface area contributed by atoms with Crippen molar-refractivity contribution in [1.82, 2.24) is 0 Å². The molecule has 1 heteroatoms. The quantitative estimate of drug-likeness (QED) is 0.712. The fourth-order valence-electron chi connectivity index (χ4n) is 3.20. The third-order valence-electron chi connectivity index (χ3n) is 3.90. The van der Waals surface area contributed by atoms with Gasteiger partial charge in [-0.25, -0.2) is 0 Å². The summed E-state index contributed by atoms with van der Waals surface area (Å²) in [6, 6.07) is 6.53. The minimum Gasteiger partial charge on any atom is -0.399 e. The van der Waals surface area contributed by atoms with Gasteiger partial charge in [-0.3, -0.25) is 0 Å². The average molecular weight is 219 g/mol. The van der Waals surface area contributed by atoms with Crippen molar-refractivity contribution in [1.29, 1.82) is 0 Å². The van der Waals surface area contributed by atoms with E-state index in [0.29, 0.717) is 11.8 Å². The van der Waals surface area contributed by atoms with Gasteiger partial charge in [0.05, 0.1) is 0 Å². The summed E-state index contributed by atoms with van der Waals surface area (Å²) in [7, 11) is 0. The lowest BCUT2D eigenvalue weighted by Gasteiger charge is -2.35. The monoisotopic (exact) mass is 219 g/mol. The maximum atomic E-state index is 5.97. The van der Waals surface area contributed by atoms with Crippen LogP contribution >= 0.6 is 0 Å². The van der Waals surface area contributed by atoms with Crippen molar-refractivity contribution in [2.24, 2.45) is 11.7 Å². The van der Waals surface area contributed by atoms with E-state index in [1.54, 1.807) is 0 Å². The van der Waals surface area contributed by atoms with E-state index >= 15 is 0 Å². The molecule has 1 aromatic rings. The van der Waals surface area contributed by atoms with E-state index in [1.165, 1.54) is 22.3 Å². The summed E-state index contributed by atoms with van der Waals surface area (Å²) in [6.45, 7) is 0. The van der Waals surface area contributed by atoms with E-state index in [1.807, 2.05) is 0 Å². The van der Waals surface area contributed by atoms with Gasteiger partial charge >= 0.3 is 0 Å². The van der Waals surface area contributed by atoms with Gasteiger partial charge in [0.25, 0.3) is 0 Å². The Morgan fingerprint density at radius 1 is 1.00 bits per heavy atom. The molecule has 0 saturated heterocycles. The summed E-state index contributed by atoms with van der Waals surface area (Å²) in [4.78, 5) is 0. The number of rotatable bonds is 0. The maximum absolute atomic E-state index is 5.97. The van der Waals surface area contributed by atoms with E-state index in [2.05, 4.69) is 54.7 Å². The van der Waals surface area contributed by atoms with Gasteiger partial charge in [-0.05, 0) is 28.3 Å². The van der Waals surface area contributed by atoms with E-state index in [9.17, 15) is 0 Å². The van der Waals surface area contributed by atoms with Crippen molar-refractivity contribution in [3.63, 3.8) is 0 Å². The summed E-state index contributed by atoms with van der Waals surface area (Å²) in [6.07, 6.45) is 13.2. The minimum atomic E-state index is 0.425. The van der Waals surface area contributed by atoms with Gasteiger partial charge in [-0.15, -0.1) is 0 Å². The van der Waals surface area contributed by atoms with Gasteiger partial charge in [0, 0.05) is 17.5 Å². The van der Waals surface area contributed by atoms with Gasteiger partial charge in [0.15, 0.2) is 0 Å². The Morgan fingerprint density at radius 2 is 1.82 bits per heavy atom. The molecule has 2 unspecified atom stereocenters. The lowest BCUT2D eigenvalue weighted by molar-refractivity contribution is 0.657. The molecule has 4 rings (SSSR count). The van der Waals surface area contributed by atoms with Crippen LogP contribution in [0.2, 0.25) is 0 Å². The first-order valence-corrected chi connectivity index (χ1v) is 6.01. The number of benzene rings is 1. The van der Waals surface area contributed by atoms with Gasteiger partial charge in [-0.1, -0.05) is 48.6 Å². The average Bonchev–Trinajstić information content (AvgIpc) is 2.35. The first-order valence-electron chi connectivity index (χ1n) is 6.01. The van der Waals surface area contributed by atoms with E-state index in [0.717, 1.165) is 5.70 Å². The van der Waals surface area contributed by atoms with Crippen molar-refractivity contribution in [2.75, 3.05) is 0 Å². The number of allylic oxidation sites excluding steroid dienone is 5. The summed E-state index contributed by atoms with van der Waals surface area (Å²) in [5.74, 6) is 0.900. The van der Waals surface area contributed by atoms with Crippen molar-refractivity contribution in [2.45, 2.75) is 5.92 Å². The first kappa shape index (κ1) is 9.06. The fourth-order valence-corrected chi connectivity index (χ4v) is 3.20. The Morgan fingerprint density at radius 3 is 2.71 bits per heavy atom. The summed E-state index contributed by atoms with van der Waals surface area (Å²) < 4.78 is 0. The standard InChI is InChI=1S/C16H13N/c17-14-8-12-6-4-10-2-1-3-11-5-7-13(9-14)16(12)15(10)11/h1-9,12,16H,17H2. The molecule has 2 N–H and O–H groups in total. The second kappa shape index (κ2) is 3.01. The molecule has 0 bridgehead atoms. The predicted octanol–water partition coefficient (Wildman–Crippen LogP) is 3.22. The minimum absolute atomic E-state index is 0.425. The molecule has 0 spiro atoms. The molecule has 0 fully saturated rings. The Bertz CT molecular complexity index is 629. The van der Waals surface area contributed by atoms with E-state index < -0.39 is 0 Å². The Kier molecular flexibility index (Phi) is 1.60. The molecule has 2 atom stereocenters. The zero-order valence-corrected chi connectivity index (χ0v) is 9.43. The van der Waals surface area contributed by atoms with E-state index in [4.69, 9.17) is 5.73 Å². The molecular formula is C16H13N. The van der Waals surface area contributed by atoms with Crippen LogP contribution in [0.3, 0.4) is 0 Å². The molecule has 0 saturated carbocycles. The lowest BCUT2D eigenvalue weighted by atomic mass is 9.69. The Labute approximate surface area is 101 Å². The van der Waals surface area contributed by atoms with Crippen molar-refractivity contribution in [3.05, 3.63) is 70.5 Å². The molecule has 0 amide bonds. The number of hydrogen-bond acceptors (Lipinski definition) is 1. The smallest absolute Gasteiger partial charge is 0.0282 e. The second-order valence-electron chi connectivity index (χ2n) is 4.91. The van der Waals surface area contributed by atoms with Crippen LogP contribution in [0.5, 0.6) is 0 Å². The summed E-state index contributed by atoms with van der Waals surface area (Å²) in [5, 5.41) is 0. The Hall–Kier alpha value is -2.02. The van der Waals surface area contributed by atoms with Crippen molar-refractivity contribution >= 4 is 12.2 Å². The number of nitrogens with two attached hydrogens (primary N) is 1. The van der Waals surface area contributed by atoms with Crippen LogP contribution in [0.15, 0.2) is 53.8 Å². The van der Waals surface area contributed by atoms with Gasteiger partial charge < -0.3 is 5.73 Å².